The largest absolute Gasteiger partial charge is 0.433 e. The molecule has 0 saturated heterocycles. The minimum Gasteiger partial charge on any atom is -0.366 e. The Kier molecular flexibility index (Phi) is 3.77. The number of nitrogens with one attached hydrogen (secondary N) is 2. The summed E-state index contributed by atoms with van der Waals surface area (Å²) in [7, 11) is 3.22. The average Bonchev–Trinajstić information content (AvgIpc) is 2.81. The molecule has 2 aromatic rings. The second-order valence-electron chi connectivity index (χ2n) is 4.09. The molecule has 0 spiro atoms. The van der Waals surface area contributed by atoms with Crippen LogP contribution in [0.25, 0.3) is 0 Å². The fourth-order valence-electron chi connectivity index (χ4n) is 1.55. The molecular weight excluding hydrogens is 273 g/mol. The van der Waals surface area contributed by atoms with Crippen LogP contribution in [0.1, 0.15) is 11.3 Å². The van der Waals surface area contributed by atoms with E-state index in [1.165, 1.54) is 7.05 Å². The Morgan fingerprint density at radius 1 is 1.30 bits per heavy atom. The molecular formula is C11H13F3N6. The van der Waals surface area contributed by atoms with E-state index in [1.54, 1.807) is 24.1 Å². The minimum absolute atomic E-state index is 0.0893. The van der Waals surface area contributed by atoms with E-state index in [1.807, 2.05) is 0 Å². The molecule has 2 rings (SSSR count). The molecule has 0 aromatic carbocycles. The van der Waals surface area contributed by atoms with Crippen LogP contribution in [-0.2, 0) is 19.8 Å². The molecule has 6 nitrogen and oxygen atoms in total. The SMILES string of the molecule is CNc1nc(NCc2cnn(C)c2)cc(C(F)(F)F)n1. The van der Waals surface area contributed by atoms with Gasteiger partial charge >= 0.3 is 6.18 Å². The first-order chi connectivity index (χ1) is 9.38. The normalized spacial score (nSPS) is 11.4. The van der Waals surface area contributed by atoms with Crippen molar-refractivity contribution in [2.75, 3.05) is 17.7 Å². The van der Waals surface area contributed by atoms with Crippen molar-refractivity contribution in [3.63, 3.8) is 0 Å². The van der Waals surface area contributed by atoms with Crippen LogP contribution >= 0.6 is 0 Å². The predicted octanol–water partition coefficient (Wildman–Crippen LogP) is 1.88. The van der Waals surface area contributed by atoms with Gasteiger partial charge in [-0.05, 0) is 0 Å². The zero-order valence-electron chi connectivity index (χ0n) is 10.9. The van der Waals surface area contributed by atoms with Crippen molar-refractivity contribution in [3.8, 4) is 0 Å². The van der Waals surface area contributed by atoms with Gasteiger partial charge in [-0.2, -0.15) is 23.3 Å². The van der Waals surface area contributed by atoms with Crippen molar-refractivity contribution in [1.29, 1.82) is 0 Å². The fourth-order valence-corrected chi connectivity index (χ4v) is 1.55. The second kappa shape index (κ2) is 5.35. The molecule has 0 aliphatic rings. The number of nitrogens with zero attached hydrogens (tertiary/aromatic N) is 4. The van der Waals surface area contributed by atoms with Crippen LogP contribution in [0.2, 0.25) is 0 Å². The Labute approximate surface area is 113 Å². The van der Waals surface area contributed by atoms with Gasteiger partial charge in [0.15, 0.2) is 5.69 Å². The maximum Gasteiger partial charge on any atom is 0.433 e. The zero-order valence-corrected chi connectivity index (χ0v) is 10.9. The van der Waals surface area contributed by atoms with Gasteiger partial charge in [0.25, 0.3) is 0 Å². The minimum atomic E-state index is -4.51. The number of anilines is 2. The number of hydrogen-bond acceptors (Lipinski definition) is 5. The van der Waals surface area contributed by atoms with Crippen molar-refractivity contribution in [2.24, 2.45) is 7.05 Å². The summed E-state index contributed by atoms with van der Waals surface area (Å²) in [6.07, 6.45) is -1.13. The number of aromatic nitrogens is 4. The van der Waals surface area contributed by atoms with E-state index in [4.69, 9.17) is 0 Å². The Balaban J connectivity index is 2.18. The molecule has 9 heteroatoms. The van der Waals surface area contributed by atoms with E-state index < -0.39 is 11.9 Å². The van der Waals surface area contributed by atoms with Crippen LogP contribution in [0.3, 0.4) is 0 Å². The predicted molar refractivity (Wildman–Crippen MR) is 67.1 cm³/mol. The highest BCUT2D eigenvalue weighted by atomic mass is 19.4. The molecule has 0 amide bonds. The Morgan fingerprint density at radius 2 is 2.05 bits per heavy atom. The van der Waals surface area contributed by atoms with Crippen LogP contribution < -0.4 is 10.6 Å². The number of rotatable bonds is 4. The summed E-state index contributed by atoms with van der Waals surface area (Å²) in [5, 5.41) is 9.29. The summed E-state index contributed by atoms with van der Waals surface area (Å²) < 4.78 is 39.7. The summed E-state index contributed by atoms with van der Waals surface area (Å²) in [6, 6.07) is 0.872. The summed E-state index contributed by atoms with van der Waals surface area (Å²) in [5.74, 6) is 0.00837. The van der Waals surface area contributed by atoms with Gasteiger partial charge in [-0.15, -0.1) is 0 Å². The molecule has 0 bridgehead atoms. The van der Waals surface area contributed by atoms with Crippen molar-refractivity contribution in [2.45, 2.75) is 12.7 Å². The van der Waals surface area contributed by atoms with E-state index in [-0.39, 0.29) is 11.8 Å². The number of halogens is 3. The fraction of sp³-hybridized carbons (Fsp3) is 0.364. The first-order valence-corrected chi connectivity index (χ1v) is 5.74. The molecule has 2 heterocycles. The summed E-state index contributed by atoms with van der Waals surface area (Å²) >= 11 is 0. The topological polar surface area (TPSA) is 67.7 Å². The zero-order chi connectivity index (χ0) is 14.8. The van der Waals surface area contributed by atoms with Crippen molar-refractivity contribution in [1.82, 2.24) is 19.7 Å². The van der Waals surface area contributed by atoms with E-state index in [0.717, 1.165) is 11.6 Å². The van der Waals surface area contributed by atoms with Crippen LogP contribution in [-0.4, -0.2) is 26.8 Å². The third kappa shape index (κ3) is 3.37. The quantitative estimate of drug-likeness (QED) is 0.898. The van der Waals surface area contributed by atoms with Crippen LogP contribution in [0.5, 0.6) is 0 Å². The third-order valence-corrected chi connectivity index (χ3v) is 2.47. The van der Waals surface area contributed by atoms with Gasteiger partial charge in [0, 0.05) is 38.5 Å². The maximum absolute atomic E-state index is 12.7. The molecule has 2 aromatic heterocycles. The summed E-state index contributed by atoms with van der Waals surface area (Å²) in [6.45, 7) is 0.325. The molecule has 2 N–H and O–H groups in total. The van der Waals surface area contributed by atoms with Gasteiger partial charge in [0.2, 0.25) is 5.95 Å². The van der Waals surface area contributed by atoms with Gasteiger partial charge in [-0.25, -0.2) is 4.98 Å². The lowest BCUT2D eigenvalue weighted by Crippen LogP contribution is -2.13. The van der Waals surface area contributed by atoms with E-state index in [2.05, 4.69) is 25.7 Å². The Bertz CT molecular complexity index is 592. The maximum atomic E-state index is 12.7. The molecule has 0 saturated carbocycles. The highest BCUT2D eigenvalue weighted by Gasteiger charge is 2.33. The average molecular weight is 286 g/mol. The van der Waals surface area contributed by atoms with Crippen molar-refractivity contribution < 1.29 is 13.2 Å². The number of hydrogen-bond donors (Lipinski definition) is 2. The highest BCUT2D eigenvalue weighted by molar-refractivity contribution is 5.43. The molecule has 0 unspecified atom stereocenters. The monoisotopic (exact) mass is 286 g/mol. The standard InChI is InChI=1S/C11H13F3N6/c1-15-10-18-8(11(12,13)14)3-9(19-10)16-4-7-5-17-20(2)6-7/h3,5-6H,4H2,1-2H3,(H2,15,16,18,19). The number of alkyl halides is 3. The van der Waals surface area contributed by atoms with Gasteiger partial charge < -0.3 is 10.6 Å². The smallest absolute Gasteiger partial charge is 0.366 e. The number of aryl methyl sites for hydroxylation is 1. The molecule has 20 heavy (non-hydrogen) atoms. The van der Waals surface area contributed by atoms with Crippen LogP contribution in [0.4, 0.5) is 24.9 Å². The lowest BCUT2D eigenvalue weighted by molar-refractivity contribution is -0.141. The second-order valence-corrected chi connectivity index (χ2v) is 4.09. The van der Waals surface area contributed by atoms with E-state index in [0.29, 0.717) is 6.54 Å². The molecule has 0 radical (unpaired) electrons. The van der Waals surface area contributed by atoms with Gasteiger partial charge in [0.05, 0.1) is 6.20 Å². The molecule has 108 valence electrons. The van der Waals surface area contributed by atoms with Crippen molar-refractivity contribution in [3.05, 3.63) is 29.7 Å². The lowest BCUT2D eigenvalue weighted by Gasteiger charge is -2.11. The van der Waals surface area contributed by atoms with Gasteiger partial charge in [-0.1, -0.05) is 0 Å². The van der Waals surface area contributed by atoms with Crippen LogP contribution in [0.15, 0.2) is 18.5 Å². The summed E-state index contributed by atoms with van der Waals surface area (Å²) in [4.78, 5) is 7.31. The molecule has 0 atom stereocenters. The summed E-state index contributed by atoms with van der Waals surface area (Å²) in [5.41, 5.74) is -0.156. The lowest BCUT2D eigenvalue weighted by atomic mass is 10.3. The highest BCUT2D eigenvalue weighted by Crippen LogP contribution is 2.29. The van der Waals surface area contributed by atoms with Gasteiger partial charge in [-0.3, -0.25) is 4.68 Å². The van der Waals surface area contributed by atoms with E-state index >= 15 is 0 Å². The molecule has 0 aliphatic carbocycles. The first-order valence-electron chi connectivity index (χ1n) is 5.74. The Morgan fingerprint density at radius 3 is 2.60 bits per heavy atom. The molecule has 0 aliphatic heterocycles. The Hall–Kier alpha value is -2.32. The van der Waals surface area contributed by atoms with Crippen LogP contribution in [0, 0.1) is 0 Å². The third-order valence-electron chi connectivity index (χ3n) is 2.47. The van der Waals surface area contributed by atoms with Gasteiger partial charge in [0.1, 0.15) is 5.82 Å². The molecule has 0 fully saturated rings. The first kappa shape index (κ1) is 14.1. The van der Waals surface area contributed by atoms with Crippen molar-refractivity contribution >= 4 is 11.8 Å². The van der Waals surface area contributed by atoms with E-state index in [9.17, 15) is 13.2 Å².